The molecule has 0 fully saturated rings. The molecule has 0 aromatic rings. The molecule has 0 aliphatic carbocycles. The van der Waals surface area contributed by atoms with E-state index in [4.69, 9.17) is 0 Å². The highest BCUT2D eigenvalue weighted by Crippen LogP contribution is 2.38. The number of hydrogen-bond acceptors (Lipinski definition) is 4. The van der Waals surface area contributed by atoms with Crippen LogP contribution in [0, 0.1) is 0 Å². The Hall–Kier alpha value is -0.520. The smallest absolute Gasteiger partial charge is 0.281 e. The van der Waals surface area contributed by atoms with E-state index in [9.17, 15) is 52.7 Å². The molecule has 0 aromatic carbocycles. The largest absolute Gasteiger partial charge is 0.490 e. The van der Waals surface area contributed by atoms with Crippen molar-refractivity contribution in [2.75, 3.05) is 11.9 Å². The molecule has 152 valence electrons. The van der Waals surface area contributed by atoms with Crippen LogP contribution in [-0.4, -0.2) is 52.9 Å². The first-order valence-electron chi connectivity index (χ1n) is 5.49. The van der Waals surface area contributed by atoms with Gasteiger partial charge in [-0.15, -0.1) is 0 Å². The summed E-state index contributed by atoms with van der Waals surface area (Å²) in [7, 11) is 0. The second-order valence-electron chi connectivity index (χ2n) is 4.41. The van der Waals surface area contributed by atoms with Crippen LogP contribution in [0.5, 0.6) is 0 Å². The molecule has 0 heterocycles. The van der Waals surface area contributed by atoms with Gasteiger partial charge < -0.3 is 0 Å². The first-order valence-corrected chi connectivity index (χ1v) is 6.62. The summed E-state index contributed by atoms with van der Waals surface area (Å²) in [4.78, 5) is 6.86. The normalized spacial score (nSPS) is 17.3. The minimum absolute atomic E-state index is 0.358. The number of rotatable bonds is 6. The Balaban J connectivity index is 5.41. The maximum Gasteiger partial charge on any atom is 0.490 e. The number of hydroxylamine groups is 4. The Labute approximate surface area is 139 Å². The highest BCUT2D eigenvalue weighted by Gasteiger charge is 2.59. The lowest BCUT2D eigenvalue weighted by Gasteiger charge is -2.36. The predicted molar refractivity (Wildman–Crippen MR) is 57.1 cm³/mol. The lowest BCUT2D eigenvalue weighted by molar-refractivity contribution is -0.517. The van der Waals surface area contributed by atoms with Crippen LogP contribution in [0.2, 0.25) is 0 Å². The molecule has 0 aliphatic heterocycles. The molecular weight excluding hydrogens is 464 g/mol. The monoisotopic (exact) mass is 470 g/mol. The van der Waals surface area contributed by atoms with Crippen molar-refractivity contribution in [1.29, 1.82) is 0 Å². The fourth-order valence-corrected chi connectivity index (χ4v) is 1.31. The molecule has 17 heteroatoms. The van der Waals surface area contributed by atoms with Crippen molar-refractivity contribution in [3.63, 3.8) is 0 Å². The highest BCUT2D eigenvalue weighted by atomic mass is 79.9. The van der Waals surface area contributed by atoms with E-state index in [0.717, 1.165) is 0 Å². The molecule has 0 amide bonds. The third-order valence-corrected chi connectivity index (χ3v) is 3.20. The third-order valence-electron chi connectivity index (χ3n) is 2.01. The molecule has 4 nitrogen and oxygen atoms in total. The molecule has 0 saturated carbocycles. The summed E-state index contributed by atoms with van der Waals surface area (Å²) in [5, 5.41) is -6.02. The second-order valence-corrected chi connectivity index (χ2v) is 4.97. The molecule has 0 spiro atoms. The fourth-order valence-electron chi connectivity index (χ4n) is 1.05. The van der Waals surface area contributed by atoms with Gasteiger partial charge in [0.1, 0.15) is 12.2 Å². The topological polar surface area (TPSA) is 24.9 Å². The van der Waals surface area contributed by atoms with Gasteiger partial charge in [0.2, 0.25) is 0 Å². The van der Waals surface area contributed by atoms with Crippen molar-refractivity contribution in [2.24, 2.45) is 0 Å². The van der Waals surface area contributed by atoms with E-state index >= 15 is 0 Å². The molecule has 0 bridgehead atoms. The maximum atomic E-state index is 12.3. The zero-order valence-corrected chi connectivity index (χ0v) is 13.1. The van der Waals surface area contributed by atoms with E-state index in [1.165, 1.54) is 0 Å². The Kier molecular flexibility index (Phi) is 7.45. The SMILES string of the molecule is CC(CBr)(CON(C(F)(F)F)C(F)(F)F)ON(C(F)(F)F)C(F)(F)F. The van der Waals surface area contributed by atoms with E-state index in [2.05, 4.69) is 25.6 Å². The Morgan fingerprint density at radius 3 is 1.24 bits per heavy atom. The summed E-state index contributed by atoms with van der Waals surface area (Å²) < 4.78 is 147. The van der Waals surface area contributed by atoms with Gasteiger partial charge in [-0.05, 0) is 6.92 Å². The van der Waals surface area contributed by atoms with Gasteiger partial charge in [0.05, 0.1) is 0 Å². The van der Waals surface area contributed by atoms with Crippen LogP contribution in [0.15, 0.2) is 0 Å². The van der Waals surface area contributed by atoms with Gasteiger partial charge in [-0.1, -0.05) is 15.9 Å². The average molecular weight is 471 g/mol. The van der Waals surface area contributed by atoms with Crippen LogP contribution < -0.4 is 0 Å². The third kappa shape index (κ3) is 7.71. The standard InChI is InChI=1S/C8H7BrF12N2O2/c1-4(2-9,25-23(7(16,17)18)8(19,20)21)3-24-22(5(10,11)12)6(13,14)15/h2-3H2,1H3. The van der Waals surface area contributed by atoms with Gasteiger partial charge in [-0.25, -0.2) is 0 Å². The van der Waals surface area contributed by atoms with Crippen LogP contribution >= 0.6 is 15.9 Å². The zero-order valence-electron chi connectivity index (χ0n) is 11.5. The number of nitrogens with zero attached hydrogens (tertiary/aromatic N) is 2. The van der Waals surface area contributed by atoms with Crippen LogP contribution in [0.1, 0.15) is 6.92 Å². The lowest BCUT2D eigenvalue weighted by atomic mass is 10.2. The van der Waals surface area contributed by atoms with Gasteiger partial charge in [-0.2, -0.15) is 52.7 Å². The first kappa shape index (κ1) is 24.5. The number of halogens is 13. The highest BCUT2D eigenvalue weighted by molar-refractivity contribution is 9.09. The van der Waals surface area contributed by atoms with Crippen molar-refractivity contribution in [3.8, 4) is 0 Å². The summed E-state index contributed by atoms with van der Waals surface area (Å²) in [5.74, 6) is 0. The van der Waals surface area contributed by atoms with E-state index in [1.54, 1.807) is 0 Å². The molecule has 25 heavy (non-hydrogen) atoms. The minimum Gasteiger partial charge on any atom is -0.281 e. The summed E-state index contributed by atoms with van der Waals surface area (Å²) in [6.45, 7) is -1.61. The molecule has 1 atom stereocenters. The number of alkyl halides is 13. The maximum absolute atomic E-state index is 12.3. The van der Waals surface area contributed by atoms with E-state index in [-0.39, 0.29) is 0 Å². The Morgan fingerprint density at radius 1 is 0.680 bits per heavy atom. The summed E-state index contributed by atoms with van der Waals surface area (Å²) in [6.07, 6.45) is -24.7. The quantitative estimate of drug-likeness (QED) is 0.243. The Morgan fingerprint density at radius 2 is 1.00 bits per heavy atom. The Bertz CT molecular complexity index is 405. The van der Waals surface area contributed by atoms with Crippen LogP contribution in [0.25, 0.3) is 0 Å². The average Bonchev–Trinajstić information content (AvgIpc) is 2.30. The van der Waals surface area contributed by atoms with E-state index in [0.29, 0.717) is 6.92 Å². The zero-order chi connectivity index (χ0) is 20.5. The van der Waals surface area contributed by atoms with E-state index in [1.807, 2.05) is 0 Å². The molecule has 0 aromatic heterocycles. The molecule has 1 unspecified atom stereocenters. The molecule has 0 radical (unpaired) electrons. The van der Waals surface area contributed by atoms with Gasteiger partial charge in [-0.3, -0.25) is 9.68 Å². The van der Waals surface area contributed by atoms with Gasteiger partial charge >= 0.3 is 25.2 Å². The number of hydrogen-bond donors (Lipinski definition) is 0. The van der Waals surface area contributed by atoms with Crippen LogP contribution in [-0.2, 0) is 9.68 Å². The van der Waals surface area contributed by atoms with E-state index < -0.39 is 52.9 Å². The van der Waals surface area contributed by atoms with Crippen molar-refractivity contribution in [2.45, 2.75) is 37.7 Å². The van der Waals surface area contributed by atoms with Crippen molar-refractivity contribution >= 4 is 15.9 Å². The van der Waals surface area contributed by atoms with Crippen molar-refractivity contribution < 1.29 is 62.4 Å². The molecule has 0 aliphatic rings. The summed E-state index contributed by atoms with van der Waals surface area (Å²) >= 11 is 2.34. The fraction of sp³-hybridized carbons (Fsp3) is 1.00. The van der Waals surface area contributed by atoms with Gasteiger partial charge in [0.15, 0.2) is 0 Å². The lowest BCUT2D eigenvalue weighted by Crippen LogP contribution is -2.56. The molecule has 0 rings (SSSR count). The van der Waals surface area contributed by atoms with Crippen LogP contribution in [0.3, 0.4) is 0 Å². The predicted octanol–water partition coefficient (Wildman–Crippen LogP) is 4.69. The minimum atomic E-state index is -6.19. The van der Waals surface area contributed by atoms with Gasteiger partial charge in [0.25, 0.3) is 0 Å². The second kappa shape index (κ2) is 7.61. The summed E-state index contributed by atoms with van der Waals surface area (Å²) in [5.41, 5.74) is -2.92. The molecular formula is C8H7BrF12N2O2. The molecule has 0 saturated heterocycles. The summed E-state index contributed by atoms with van der Waals surface area (Å²) in [6, 6.07) is 0. The first-order chi connectivity index (χ1) is 10.7. The molecule has 0 N–H and O–H groups in total. The van der Waals surface area contributed by atoms with Crippen LogP contribution in [0.4, 0.5) is 52.7 Å². The van der Waals surface area contributed by atoms with Gasteiger partial charge in [0, 0.05) is 15.5 Å². The van der Waals surface area contributed by atoms with Crippen molar-refractivity contribution in [1.82, 2.24) is 10.1 Å². The van der Waals surface area contributed by atoms with Crippen molar-refractivity contribution in [3.05, 3.63) is 0 Å².